The van der Waals surface area contributed by atoms with Gasteiger partial charge < -0.3 is 24.8 Å². The van der Waals surface area contributed by atoms with Gasteiger partial charge in [-0.05, 0) is 48.3 Å². The second-order valence-electron chi connectivity index (χ2n) is 7.93. The summed E-state index contributed by atoms with van der Waals surface area (Å²) in [5.74, 6) is 1.37. The molecule has 1 aromatic heterocycles. The van der Waals surface area contributed by atoms with Gasteiger partial charge in [-0.3, -0.25) is 9.98 Å². The van der Waals surface area contributed by atoms with Crippen LogP contribution in [0.15, 0.2) is 85.8 Å². The minimum atomic E-state index is 0. The Morgan fingerprint density at radius 2 is 1.18 bits per heavy atom. The van der Waals surface area contributed by atoms with E-state index < -0.39 is 0 Å². The Labute approximate surface area is 217 Å². The maximum Gasteiger partial charge on any atom is 2.00 e. The maximum absolute atomic E-state index is 4.80. The van der Waals surface area contributed by atoms with Crippen LogP contribution in [0.5, 0.6) is 0 Å². The molecule has 0 saturated carbocycles. The molecule has 4 aliphatic rings. The fourth-order valence-corrected chi connectivity index (χ4v) is 4.07. The molecule has 5 nitrogen and oxygen atoms in total. The van der Waals surface area contributed by atoms with Crippen LogP contribution in [-0.2, 0) is 16.8 Å². The van der Waals surface area contributed by atoms with Crippen molar-refractivity contribution in [2.45, 2.75) is 51.6 Å². The molecule has 33 heavy (non-hydrogen) atoms. The third-order valence-corrected chi connectivity index (χ3v) is 5.54. The number of amidine groups is 2. The summed E-state index contributed by atoms with van der Waals surface area (Å²) >= 11 is 0. The van der Waals surface area contributed by atoms with Crippen LogP contribution in [0, 0.1) is 0 Å². The van der Waals surface area contributed by atoms with E-state index in [4.69, 9.17) is 25.0 Å². The fraction of sp³-hybridized carbons (Fsp3) is 0.320. The van der Waals surface area contributed by atoms with E-state index in [0.717, 1.165) is 48.5 Å². The van der Waals surface area contributed by atoms with Gasteiger partial charge in [0.05, 0.1) is 11.4 Å². The molecular weight excluding hydrogens is 500 g/mol. The molecule has 2 atom stereocenters. The van der Waals surface area contributed by atoms with Crippen LogP contribution in [-0.4, -0.2) is 40.2 Å². The molecule has 8 heteroatoms. The molecule has 2 aliphatic heterocycles. The summed E-state index contributed by atoms with van der Waals surface area (Å²) in [5, 5.41) is 0. The first kappa shape index (κ1) is 27.1. The van der Waals surface area contributed by atoms with Crippen LogP contribution in [0.25, 0.3) is 0 Å². The smallest absolute Gasteiger partial charge is 1.00 e. The molecule has 5 rings (SSSR count). The van der Waals surface area contributed by atoms with Gasteiger partial charge >= 0.3 is 16.8 Å². The van der Waals surface area contributed by atoms with Crippen molar-refractivity contribution in [3.63, 3.8) is 0 Å². The third-order valence-electron chi connectivity index (χ3n) is 5.54. The Bertz CT molecular complexity index is 1060. The van der Waals surface area contributed by atoms with Crippen molar-refractivity contribution < 1.29 is 41.6 Å². The van der Waals surface area contributed by atoms with E-state index in [-0.39, 0.29) is 53.7 Å². The standard InChI is InChI=1S/C25H25N5.2ClH.Co/c1-3-6-16-10-12-18-22(14-16)29-24(27-18)20-8-5-9-21(26-20)25-28-19-13-11-17(7-4-2)15-23(19)30-25;;;/h5,8-15,18-19H,3-4,6-7H2,1-2H3;2*1H;/q;;;+2/p-2. The largest absolute Gasteiger partial charge is 2.00 e. The van der Waals surface area contributed by atoms with E-state index >= 15 is 0 Å². The van der Waals surface area contributed by atoms with Crippen molar-refractivity contribution in [3.8, 4) is 0 Å². The summed E-state index contributed by atoms with van der Waals surface area (Å²) in [5.41, 5.74) is 6.17. The topological polar surface area (TPSA) is 62.3 Å². The van der Waals surface area contributed by atoms with E-state index in [9.17, 15) is 0 Å². The van der Waals surface area contributed by atoms with Crippen molar-refractivity contribution in [2.75, 3.05) is 0 Å². The van der Waals surface area contributed by atoms with E-state index in [1.54, 1.807) is 0 Å². The first-order valence-electron chi connectivity index (χ1n) is 10.8. The number of hydrogen-bond acceptors (Lipinski definition) is 5. The molecule has 0 fully saturated rings. The van der Waals surface area contributed by atoms with Crippen molar-refractivity contribution in [2.24, 2.45) is 20.0 Å². The quantitative estimate of drug-likeness (QED) is 0.462. The minimum absolute atomic E-state index is 0. The Hall–Kier alpha value is -2.12. The molecule has 0 amide bonds. The predicted octanol–water partition coefficient (Wildman–Crippen LogP) is -1.18. The minimum Gasteiger partial charge on any atom is -1.00 e. The number of allylic oxidation sites excluding steroid dienone is 4. The van der Waals surface area contributed by atoms with Crippen molar-refractivity contribution in [3.05, 3.63) is 77.2 Å². The summed E-state index contributed by atoms with van der Waals surface area (Å²) in [6.07, 6.45) is 17.3. The average molecular weight is 525 g/mol. The fourth-order valence-electron chi connectivity index (χ4n) is 4.07. The molecule has 173 valence electrons. The Morgan fingerprint density at radius 1 is 0.727 bits per heavy atom. The second kappa shape index (κ2) is 11.8. The summed E-state index contributed by atoms with van der Waals surface area (Å²) < 4.78 is 0. The normalized spacial score (nSPS) is 21.6. The second-order valence-corrected chi connectivity index (χ2v) is 7.93. The van der Waals surface area contributed by atoms with E-state index in [1.807, 2.05) is 18.2 Å². The predicted molar refractivity (Wildman–Crippen MR) is 124 cm³/mol. The number of rotatable bonds is 6. The summed E-state index contributed by atoms with van der Waals surface area (Å²) in [6, 6.07) is 5.91. The summed E-state index contributed by atoms with van der Waals surface area (Å²) in [6.45, 7) is 4.38. The summed E-state index contributed by atoms with van der Waals surface area (Å²) in [7, 11) is 0. The molecule has 0 aromatic carbocycles. The number of aromatic nitrogens is 1. The van der Waals surface area contributed by atoms with Crippen LogP contribution in [0.1, 0.15) is 50.9 Å². The number of aliphatic imine (C=N–C) groups is 4. The molecule has 0 bridgehead atoms. The number of hydrogen-bond donors (Lipinski definition) is 0. The monoisotopic (exact) mass is 524 g/mol. The molecule has 2 aliphatic carbocycles. The molecular formula is C25H25Cl2CoN5. The Morgan fingerprint density at radius 3 is 1.61 bits per heavy atom. The zero-order valence-electron chi connectivity index (χ0n) is 18.5. The molecule has 2 unspecified atom stereocenters. The van der Waals surface area contributed by atoms with Gasteiger partial charge in [-0.2, -0.15) is 0 Å². The molecule has 0 saturated heterocycles. The van der Waals surface area contributed by atoms with Gasteiger partial charge in [-0.15, -0.1) is 0 Å². The number of pyridine rings is 1. The Kier molecular flexibility index (Phi) is 9.73. The zero-order valence-corrected chi connectivity index (χ0v) is 21.1. The van der Waals surface area contributed by atoms with Crippen LogP contribution in [0.2, 0.25) is 0 Å². The average Bonchev–Trinajstić information content (AvgIpc) is 3.38. The van der Waals surface area contributed by atoms with Crippen LogP contribution >= 0.6 is 0 Å². The third kappa shape index (κ3) is 5.69. The zero-order chi connectivity index (χ0) is 20.5. The van der Waals surface area contributed by atoms with Gasteiger partial charge in [-0.25, -0.2) is 15.0 Å². The van der Waals surface area contributed by atoms with Gasteiger partial charge in [0.25, 0.3) is 0 Å². The first-order valence-corrected chi connectivity index (χ1v) is 10.8. The molecule has 0 N–H and O–H groups in total. The van der Waals surface area contributed by atoms with Crippen LogP contribution in [0.3, 0.4) is 0 Å². The summed E-state index contributed by atoms with van der Waals surface area (Å²) in [4.78, 5) is 23.9. The van der Waals surface area contributed by atoms with E-state index in [2.05, 4.69) is 50.3 Å². The van der Waals surface area contributed by atoms with Gasteiger partial charge in [0.15, 0.2) is 11.7 Å². The van der Waals surface area contributed by atoms with Crippen molar-refractivity contribution in [1.82, 2.24) is 4.98 Å². The van der Waals surface area contributed by atoms with Crippen molar-refractivity contribution in [1.29, 1.82) is 0 Å². The SMILES string of the molecule is CCCC1=CC2=NC(c3cccc(C4=NC5C=CC(CCC)=CC5=N4)n3)=NC2C=C1.[Cl-].[Cl-].[Co+2]. The molecule has 0 spiro atoms. The van der Waals surface area contributed by atoms with Gasteiger partial charge in [0.1, 0.15) is 23.5 Å². The van der Waals surface area contributed by atoms with Gasteiger partial charge in [0, 0.05) is 0 Å². The van der Waals surface area contributed by atoms with Crippen molar-refractivity contribution >= 4 is 23.1 Å². The van der Waals surface area contributed by atoms with Crippen LogP contribution < -0.4 is 24.8 Å². The maximum atomic E-state index is 4.80. The molecule has 3 heterocycles. The number of nitrogens with zero attached hydrogens (tertiary/aromatic N) is 5. The van der Waals surface area contributed by atoms with Crippen LogP contribution in [0.4, 0.5) is 0 Å². The van der Waals surface area contributed by atoms with E-state index in [1.165, 1.54) is 11.1 Å². The number of fused-ring (bicyclic) bond motifs is 2. The Balaban J connectivity index is 0.00000128. The first-order chi connectivity index (χ1) is 14.7. The van der Waals surface area contributed by atoms with Gasteiger partial charge in [0.2, 0.25) is 0 Å². The van der Waals surface area contributed by atoms with E-state index in [0.29, 0.717) is 11.7 Å². The van der Waals surface area contributed by atoms with Gasteiger partial charge in [-0.1, -0.05) is 57.1 Å². The molecule has 1 radical (unpaired) electrons. The number of halogens is 2. The molecule has 1 aromatic rings.